The molecule has 2 N–H and O–H groups in total. The molecule has 0 atom stereocenters. The lowest BCUT2D eigenvalue weighted by atomic mass is 9.99. The zero-order valence-corrected chi connectivity index (χ0v) is 13.9. The monoisotopic (exact) mass is 404 g/mol. The van der Waals surface area contributed by atoms with Gasteiger partial charge in [0.05, 0.1) is 5.56 Å². The molecule has 0 amide bonds. The standard InChI is InChI=1S/C16H9F5N2O3S/c17-9-3-1-2-7(4-9)13-12(14(16(20)21)26-23-13)8-5-10(18)15(11(19)6-8)27(22,24)25/h1-6,16H,(H2,22,24,25). The van der Waals surface area contributed by atoms with Gasteiger partial charge in [-0.05, 0) is 29.8 Å². The van der Waals surface area contributed by atoms with Crippen molar-refractivity contribution in [3.05, 3.63) is 59.6 Å². The van der Waals surface area contributed by atoms with Gasteiger partial charge >= 0.3 is 0 Å². The van der Waals surface area contributed by atoms with E-state index in [0.717, 1.165) is 12.1 Å². The minimum absolute atomic E-state index is 0.0111. The van der Waals surface area contributed by atoms with Gasteiger partial charge in [-0.15, -0.1) is 0 Å². The molecule has 0 aliphatic heterocycles. The molecule has 1 aromatic heterocycles. The van der Waals surface area contributed by atoms with Crippen molar-refractivity contribution in [1.82, 2.24) is 5.16 Å². The number of halogens is 5. The molecule has 0 saturated carbocycles. The zero-order valence-electron chi connectivity index (χ0n) is 13.1. The normalized spacial score (nSPS) is 12.0. The lowest BCUT2D eigenvalue weighted by Crippen LogP contribution is -2.16. The summed E-state index contributed by atoms with van der Waals surface area (Å²) in [5.41, 5.74) is -1.27. The predicted octanol–water partition coefficient (Wildman–Crippen LogP) is 4.01. The van der Waals surface area contributed by atoms with Gasteiger partial charge in [-0.1, -0.05) is 17.3 Å². The number of hydrogen-bond donors (Lipinski definition) is 1. The van der Waals surface area contributed by atoms with Gasteiger partial charge in [-0.25, -0.2) is 35.5 Å². The first-order chi connectivity index (χ1) is 12.6. The molecule has 0 aliphatic rings. The van der Waals surface area contributed by atoms with E-state index in [0.29, 0.717) is 12.1 Å². The van der Waals surface area contributed by atoms with E-state index < -0.39 is 55.7 Å². The molecule has 5 nitrogen and oxygen atoms in total. The maximum Gasteiger partial charge on any atom is 0.298 e. The minimum atomic E-state index is -4.73. The highest BCUT2D eigenvalue weighted by Gasteiger charge is 2.29. The van der Waals surface area contributed by atoms with Crippen LogP contribution < -0.4 is 5.14 Å². The molecule has 0 fully saturated rings. The summed E-state index contributed by atoms with van der Waals surface area (Å²) >= 11 is 0. The maximum atomic E-state index is 14.1. The van der Waals surface area contributed by atoms with Crippen molar-refractivity contribution in [2.75, 3.05) is 0 Å². The van der Waals surface area contributed by atoms with Gasteiger partial charge in [-0.2, -0.15) is 0 Å². The van der Waals surface area contributed by atoms with Crippen LogP contribution in [0.2, 0.25) is 0 Å². The third-order valence-corrected chi connectivity index (χ3v) is 4.55. The van der Waals surface area contributed by atoms with E-state index in [1.54, 1.807) is 0 Å². The molecule has 1 heterocycles. The van der Waals surface area contributed by atoms with Crippen LogP contribution in [0.4, 0.5) is 22.0 Å². The van der Waals surface area contributed by atoms with Gasteiger partial charge in [0, 0.05) is 5.56 Å². The molecule has 142 valence electrons. The third-order valence-electron chi connectivity index (χ3n) is 3.59. The first-order valence-corrected chi connectivity index (χ1v) is 8.70. The Morgan fingerprint density at radius 2 is 1.63 bits per heavy atom. The summed E-state index contributed by atoms with van der Waals surface area (Å²) in [6.45, 7) is 0. The largest absolute Gasteiger partial charge is 0.354 e. The Balaban J connectivity index is 2.30. The number of nitrogens with zero attached hydrogens (tertiary/aromatic N) is 1. The molecular formula is C16H9F5N2O3S. The second-order valence-electron chi connectivity index (χ2n) is 5.40. The molecule has 3 rings (SSSR count). The zero-order chi connectivity index (χ0) is 19.9. The number of nitrogens with two attached hydrogens (primary N) is 1. The Hall–Kier alpha value is -2.79. The Morgan fingerprint density at radius 1 is 1.00 bits per heavy atom. The molecule has 27 heavy (non-hydrogen) atoms. The van der Waals surface area contributed by atoms with Gasteiger partial charge in [0.25, 0.3) is 6.43 Å². The SMILES string of the molecule is NS(=O)(=O)c1c(F)cc(-c2c(-c3cccc(F)c3)noc2C(F)F)cc1F. The summed E-state index contributed by atoms with van der Waals surface area (Å²) in [5.74, 6) is -4.89. The van der Waals surface area contributed by atoms with E-state index in [2.05, 4.69) is 9.68 Å². The minimum Gasteiger partial charge on any atom is -0.354 e. The molecule has 0 bridgehead atoms. The van der Waals surface area contributed by atoms with E-state index in [-0.39, 0.29) is 11.3 Å². The van der Waals surface area contributed by atoms with Gasteiger partial charge in [-0.3, -0.25) is 0 Å². The Bertz CT molecular complexity index is 1110. The average molecular weight is 404 g/mol. The van der Waals surface area contributed by atoms with Crippen molar-refractivity contribution >= 4 is 10.0 Å². The van der Waals surface area contributed by atoms with E-state index in [1.807, 2.05) is 0 Å². The summed E-state index contributed by atoms with van der Waals surface area (Å²) in [5, 5.41) is 8.19. The number of benzene rings is 2. The van der Waals surface area contributed by atoms with Crippen LogP contribution >= 0.6 is 0 Å². The van der Waals surface area contributed by atoms with Crippen LogP contribution in [0, 0.1) is 17.5 Å². The van der Waals surface area contributed by atoms with Crippen LogP contribution in [0.15, 0.2) is 45.8 Å². The van der Waals surface area contributed by atoms with Gasteiger partial charge in [0.1, 0.15) is 23.1 Å². The van der Waals surface area contributed by atoms with E-state index >= 15 is 0 Å². The summed E-state index contributed by atoms with van der Waals surface area (Å²) < 4.78 is 95.4. The summed E-state index contributed by atoms with van der Waals surface area (Å²) in [6, 6.07) is 5.66. The first-order valence-electron chi connectivity index (χ1n) is 7.15. The molecule has 0 radical (unpaired) electrons. The number of hydrogen-bond acceptors (Lipinski definition) is 4. The van der Waals surface area contributed by atoms with Crippen LogP contribution in [-0.4, -0.2) is 13.6 Å². The molecule has 0 saturated heterocycles. The Kier molecular flexibility index (Phi) is 4.74. The fourth-order valence-electron chi connectivity index (χ4n) is 2.54. The van der Waals surface area contributed by atoms with Crippen LogP contribution in [0.25, 0.3) is 22.4 Å². The quantitative estimate of drug-likeness (QED) is 0.666. The summed E-state index contributed by atoms with van der Waals surface area (Å²) in [7, 11) is -4.73. The third kappa shape index (κ3) is 3.55. The number of aromatic nitrogens is 1. The van der Waals surface area contributed by atoms with Crippen molar-refractivity contribution in [3.63, 3.8) is 0 Å². The van der Waals surface area contributed by atoms with Crippen molar-refractivity contribution in [1.29, 1.82) is 0 Å². The molecular weight excluding hydrogens is 395 g/mol. The molecule has 0 spiro atoms. The summed E-state index contributed by atoms with van der Waals surface area (Å²) in [6.07, 6.45) is -3.21. The van der Waals surface area contributed by atoms with Gasteiger partial charge in [0.15, 0.2) is 4.90 Å². The molecule has 2 aromatic carbocycles. The fraction of sp³-hybridized carbons (Fsp3) is 0.0625. The molecule has 0 aliphatic carbocycles. The predicted molar refractivity (Wildman–Crippen MR) is 83.6 cm³/mol. The van der Waals surface area contributed by atoms with Crippen LogP contribution in [0.5, 0.6) is 0 Å². The highest BCUT2D eigenvalue weighted by Crippen LogP contribution is 2.40. The average Bonchev–Trinajstić information content (AvgIpc) is 2.98. The van der Waals surface area contributed by atoms with Crippen molar-refractivity contribution in [2.24, 2.45) is 5.14 Å². The van der Waals surface area contributed by atoms with Crippen molar-refractivity contribution in [2.45, 2.75) is 11.3 Å². The van der Waals surface area contributed by atoms with Crippen LogP contribution in [0.3, 0.4) is 0 Å². The maximum absolute atomic E-state index is 14.1. The number of primary sulfonamides is 1. The topological polar surface area (TPSA) is 86.2 Å². The highest BCUT2D eigenvalue weighted by molar-refractivity contribution is 7.89. The van der Waals surface area contributed by atoms with Gasteiger partial charge < -0.3 is 4.52 Å². The molecule has 3 aromatic rings. The molecule has 0 unspecified atom stereocenters. The number of sulfonamides is 1. The Morgan fingerprint density at radius 3 is 2.15 bits per heavy atom. The smallest absolute Gasteiger partial charge is 0.298 e. The van der Waals surface area contributed by atoms with Crippen LogP contribution in [0.1, 0.15) is 12.2 Å². The fourth-order valence-corrected chi connectivity index (χ4v) is 3.20. The van der Waals surface area contributed by atoms with Gasteiger partial charge in [0.2, 0.25) is 15.8 Å². The van der Waals surface area contributed by atoms with E-state index in [9.17, 15) is 30.4 Å². The Labute approximate surface area is 149 Å². The highest BCUT2D eigenvalue weighted by atomic mass is 32.2. The van der Waals surface area contributed by atoms with E-state index in [4.69, 9.17) is 5.14 Å². The second-order valence-corrected chi connectivity index (χ2v) is 6.89. The van der Waals surface area contributed by atoms with Crippen LogP contribution in [-0.2, 0) is 10.0 Å². The summed E-state index contributed by atoms with van der Waals surface area (Å²) in [4.78, 5) is -1.41. The first kappa shape index (κ1) is 19.0. The van der Waals surface area contributed by atoms with Crippen molar-refractivity contribution < 1.29 is 34.9 Å². The number of rotatable bonds is 4. The number of alkyl halides is 2. The van der Waals surface area contributed by atoms with Crippen molar-refractivity contribution in [3.8, 4) is 22.4 Å². The lowest BCUT2D eigenvalue weighted by Gasteiger charge is -2.08. The lowest BCUT2D eigenvalue weighted by molar-refractivity contribution is 0.113. The van der Waals surface area contributed by atoms with E-state index in [1.165, 1.54) is 12.1 Å². The molecule has 11 heteroatoms. The second kappa shape index (κ2) is 6.74.